The van der Waals surface area contributed by atoms with Crippen LogP contribution in [0, 0.1) is 0 Å². The number of carbonyl (C=O) groups is 1. The van der Waals surface area contributed by atoms with E-state index in [1.165, 1.54) is 12.8 Å². The number of aliphatic carboxylic acids is 1. The molecule has 0 aromatic carbocycles. The van der Waals surface area contributed by atoms with Gasteiger partial charge in [0.2, 0.25) is 0 Å². The lowest BCUT2D eigenvalue weighted by Gasteiger charge is -2.36. The molecule has 4 nitrogen and oxygen atoms in total. The quantitative estimate of drug-likeness (QED) is 0.738. The summed E-state index contributed by atoms with van der Waals surface area (Å²) in [4.78, 5) is 11.3. The maximum atomic E-state index is 11.3. The largest absolute Gasteiger partial charge is 0.480 e. The third kappa shape index (κ3) is 2.32. The second-order valence-electron chi connectivity index (χ2n) is 4.63. The highest BCUT2D eigenvalue weighted by Crippen LogP contribution is 2.26. The molecule has 0 amide bonds. The molecule has 1 saturated carbocycles. The average molecular weight is 213 g/mol. The van der Waals surface area contributed by atoms with Gasteiger partial charge in [0, 0.05) is 19.3 Å². The van der Waals surface area contributed by atoms with E-state index in [2.05, 4.69) is 5.32 Å². The second-order valence-corrected chi connectivity index (χ2v) is 4.63. The zero-order chi connectivity index (χ0) is 10.7. The summed E-state index contributed by atoms with van der Waals surface area (Å²) in [5.74, 6) is -0.710. The summed E-state index contributed by atoms with van der Waals surface area (Å²) in [6, 6.07) is 0.402. The van der Waals surface area contributed by atoms with Crippen LogP contribution < -0.4 is 5.32 Å². The van der Waals surface area contributed by atoms with E-state index >= 15 is 0 Å². The van der Waals surface area contributed by atoms with Gasteiger partial charge >= 0.3 is 5.97 Å². The van der Waals surface area contributed by atoms with Gasteiger partial charge in [0.25, 0.3) is 0 Å². The zero-order valence-corrected chi connectivity index (χ0v) is 9.00. The maximum absolute atomic E-state index is 11.3. The van der Waals surface area contributed by atoms with Gasteiger partial charge in [0.1, 0.15) is 5.54 Å². The fraction of sp³-hybridized carbons (Fsp3) is 0.909. The molecule has 2 rings (SSSR count). The molecule has 0 spiro atoms. The predicted octanol–water partition coefficient (Wildman–Crippen LogP) is 1.15. The summed E-state index contributed by atoms with van der Waals surface area (Å²) in [6.07, 6.45) is 5.89. The molecule has 2 aliphatic rings. The third-order valence-electron chi connectivity index (χ3n) is 3.59. The van der Waals surface area contributed by atoms with Crippen LogP contribution in [0.15, 0.2) is 0 Å². The van der Waals surface area contributed by atoms with Crippen LogP contribution >= 0.6 is 0 Å². The smallest absolute Gasteiger partial charge is 0.324 e. The van der Waals surface area contributed by atoms with Gasteiger partial charge in [-0.25, -0.2) is 0 Å². The molecule has 2 fully saturated rings. The van der Waals surface area contributed by atoms with Gasteiger partial charge in [0.15, 0.2) is 0 Å². The lowest BCUT2D eigenvalue weighted by Crippen LogP contribution is -2.58. The van der Waals surface area contributed by atoms with Gasteiger partial charge in [-0.3, -0.25) is 10.1 Å². The van der Waals surface area contributed by atoms with Crippen LogP contribution in [0.25, 0.3) is 0 Å². The van der Waals surface area contributed by atoms with Gasteiger partial charge in [0.05, 0.1) is 0 Å². The van der Waals surface area contributed by atoms with Crippen molar-refractivity contribution in [2.24, 2.45) is 0 Å². The minimum atomic E-state index is -0.715. The Hall–Kier alpha value is -0.610. The van der Waals surface area contributed by atoms with Crippen LogP contribution in [0.2, 0.25) is 0 Å². The highest BCUT2D eigenvalue weighted by Gasteiger charge is 2.41. The molecular weight excluding hydrogens is 194 g/mol. The van der Waals surface area contributed by atoms with Crippen molar-refractivity contribution in [3.8, 4) is 0 Å². The molecule has 1 aliphatic carbocycles. The van der Waals surface area contributed by atoms with E-state index in [4.69, 9.17) is 4.74 Å². The van der Waals surface area contributed by atoms with E-state index in [1.807, 2.05) is 0 Å². The van der Waals surface area contributed by atoms with Gasteiger partial charge < -0.3 is 9.84 Å². The van der Waals surface area contributed by atoms with Crippen LogP contribution in [0.4, 0.5) is 0 Å². The second kappa shape index (κ2) is 4.49. The number of ether oxygens (including phenoxy) is 1. The van der Waals surface area contributed by atoms with Crippen molar-refractivity contribution >= 4 is 5.97 Å². The predicted molar refractivity (Wildman–Crippen MR) is 55.8 cm³/mol. The van der Waals surface area contributed by atoms with E-state index in [9.17, 15) is 9.90 Å². The molecule has 2 N–H and O–H groups in total. The monoisotopic (exact) mass is 213 g/mol. The Kier molecular flexibility index (Phi) is 3.26. The highest BCUT2D eigenvalue weighted by molar-refractivity contribution is 5.79. The first-order chi connectivity index (χ1) is 7.23. The fourth-order valence-corrected chi connectivity index (χ4v) is 2.60. The maximum Gasteiger partial charge on any atom is 0.324 e. The molecule has 0 atom stereocenters. The average Bonchev–Trinajstić information content (AvgIpc) is 2.71. The number of carboxylic acid groups (broad SMARTS) is 1. The van der Waals surface area contributed by atoms with E-state index in [-0.39, 0.29) is 0 Å². The van der Waals surface area contributed by atoms with Crippen molar-refractivity contribution < 1.29 is 14.6 Å². The summed E-state index contributed by atoms with van der Waals surface area (Å²) in [7, 11) is 0. The Morgan fingerprint density at radius 1 is 1.27 bits per heavy atom. The zero-order valence-electron chi connectivity index (χ0n) is 9.00. The number of hydrogen-bond donors (Lipinski definition) is 2. The standard InChI is InChI=1S/C11H19NO3/c13-10(14)11(5-7-15-8-6-11)12-9-3-1-2-4-9/h9,12H,1-8H2,(H,13,14). The molecule has 4 heteroatoms. The van der Waals surface area contributed by atoms with Crippen molar-refractivity contribution in [1.82, 2.24) is 5.32 Å². The molecule has 0 aromatic rings. The molecule has 0 unspecified atom stereocenters. The molecule has 0 bridgehead atoms. The molecule has 86 valence electrons. The molecule has 15 heavy (non-hydrogen) atoms. The first kappa shape index (κ1) is 10.9. The summed E-state index contributed by atoms with van der Waals surface area (Å²) in [5, 5.41) is 12.7. The van der Waals surface area contributed by atoms with Gasteiger partial charge in [-0.2, -0.15) is 0 Å². The van der Waals surface area contributed by atoms with E-state index < -0.39 is 11.5 Å². The molecule has 0 radical (unpaired) electrons. The van der Waals surface area contributed by atoms with Crippen molar-refractivity contribution in [3.05, 3.63) is 0 Å². The van der Waals surface area contributed by atoms with E-state index in [0.717, 1.165) is 12.8 Å². The summed E-state index contributed by atoms with van der Waals surface area (Å²) in [6.45, 7) is 1.12. The van der Waals surface area contributed by atoms with Crippen LogP contribution in [0.5, 0.6) is 0 Å². The molecular formula is C11H19NO3. The van der Waals surface area contributed by atoms with Crippen molar-refractivity contribution in [1.29, 1.82) is 0 Å². The Morgan fingerprint density at radius 3 is 2.40 bits per heavy atom. The normalized spacial score (nSPS) is 26.7. The van der Waals surface area contributed by atoms with E-state index in [1.54, 1.807) is 0 Å². The van der Waals surface area contributed by atoms with Crippen LogP contribution in [-0.2, 0) is 9.53 Å². The van der Waals surface area contributed by atoms with Gasteiger partial charge in [-0.15, -0.1) is 0 Å². The molecule has 1 aliphatic heterocycles. The minimum absolute atomic E-state index is 0.402. The number of hydrogen-bond acceptors (Lipinski definition) is 3. The Bertz CT molecular complexity index is 230. The Balaban J connectivity index is 2.00. The lowest BCUT2D eigenvalue weighted by molar-refractivity contribution is -0.149. The van der Waals surface area contributed by atoms with Gasteiger partial charge in [-0.1, -0.05) is 12.8 Å². The minimum Gasteiger partial charge on any atom is -0.480 e. The topological polar surface area (TPSA) is 58.6 Å². The number of nitrogens with one attached hydrogen (secondary N) is 1. The van der Waals surface area contributed by atoms with E-state index in [0.29, 0.717) is 32.1 Å². The number of carboxylic acids is 1. The van der Waals surface area contributed by atoms with Crippen molar-refractivity contribution in [2.75, 3.05) is 13.2 Å². The van der Waals surface area contributed by atoms with Crippen LogP contribution in [0.1, 0.15) is 38.5 Å². The van der Waals surface area contributed by atoms with Crippen molar-refractivity contribution in [3.63, 3.8) is 0 Å². The fourth-order valence-electron chi connectivity index (χ4n) is 2.60. The number of rotatable bonds is 3. The van der Waals surface area contributed by atoms with Crippen LogP contribution in [0.3, 0.4) is 0 Å². The van der Waals surface area contributed by atoms with Crippen molar-refractivity contribution in [2.45, 2.75) is 50.1 Å². The summed E-state index contributed by atoms with van der Waals surface area (Å²) in [5.41, 5.74) is -0.715. The first-order valence-electron chi connectivity index (χ1n) is 5.82. The van der Waals surface area contributed by atoms with Gasteiger partial charge in [-0.05, 0) is 25.7 Å². The van der Waals surface area contributed by atoms with Crippen LogP contribution in [-0.4, -0.2) is 35.9 Å². The summed E-state index contributed by atoms with van der Waals surface area (Å²) < 4.78 is 5.24. The lowest BCUT2D eigenvalue weighted by atomic mass is 9.89. The SMILES string of the molecule is O=C(O)C1(NC2CCCC2)CCOCC1. The highest BCUT2D eigenvalue weighted by atomic mass is 16.5. The molecule has 1 heterocycles. The molecule has 1 saturated heterocycles. The Labute approximate surface area is 90.0 Å². The first-order valence-corrected chi connectivity index (χ1v) is 5.82. The summed E-state index contributed by atoms with van der Waals surface area (Å²) >= 11 is 0. The Morgan fingerprint density at radius 2 is 1.87 bits per heavy atom. The third-order valence-corrected chi connectivity index (χ3v) is 3.59. The molecule has 0 aromatic heterocycles.